The smallest absolute Gasteiger partial charge is 0.336 e. The van der Waals surface area contributed by atoms with Gasteiger partial charge in [-0.05, 0) is 42.5 Å². The molecule has 1 heterocycles. The maximum atomic E-state index is 13.1. The quantitative estimate of drug-likeness (QED) is 0.654. The van der Waals surface area contributed by atoms with Gasteiger partial charge in [0.15, 0.2) is 0 Å². The number of piperazine rings is 1. The molecule has 1 unspecified atom stereocenters. The van der Waals surface area contributed by atoms with Crippen molar-refractivity contribution in [3.63, 3.8) is 0 Å². The van der Waals surface area contributed by atoms with Crippen LogP contribution in [0.15, 0.2) is 52.3 Å². The van der Waals surface area contributed by atoms with Crippen LogP contribution in [-0.2, 0) is 27.0 Å². The van der Waals surface area contributed by atoms with Crippen molar-refractivity contribution >= 4 is 38.3 Å². The second kappa shape index (κ2) is 8.89. The van der Waals surface area contributed by atoms with Gasteiger partial charge in [0.25, 0.3) is 5.91 Å². The van der Waals surface area contributed by atoms with Gasteiger partial charge >= 0.3 is 6.18 Å². The lowest BCUT2D eigenvalue weighted by molar-refractivity contribution is -0.137. The Balaban J connectivity index is 1.73. The van der Waals surface area contributed by atoms with Crippen molar-refractivity contribution in [1.29, 1.82) is 0 Å². The number of carbonyl (C=O) groups is 1. The van der Waals surface area contributed by atoms with E-state index in [1.165, 1.54) is 11.2 Å². The van der Waals surface area contributed by atoms with E-state index < -0.39 is 42.5 Å². The van der Waals surface area contributed by atoms with Gasteiger partial charge in [0.05, 0.1) is 15.5 Å². The summed E-state index contributed by atoms with van der Waals surface area (Å²) in [6.45, 7) is 0.0443. The Morgan fingerprint density at radius 3 is 2.13 bits per heavy atom. The molecule has 3 rings (SSSR count). The molecular formula is C19H18ClF3N2O4S2. The maximum Gasteiger partial charge on any atom is 0.417 e. The predicted octanol–water partition coefficient (Wildman–Crippen LogP) is 3.24. The number of hydrogen-bond acceptors (Lipinski definition) is 4. The number of rotatable bonds is 4. The fraction of sp³-hybridized carbons (Fsp3) is 0.316. The molecule has 168 valence electrons. The van der Waals surface area contributed by atoms with Crippen molar-refractivity contribution < 1.29 is 30.6 Å². The average molecular weight is 495 g/mol. The third-order valence-corrected chi connectivity index (χ3v) is 8.00. The molecule has 0 saturated carbocycles. The first-order valence-corrected chi connectivity index (χ1v) is 12.4. The Kier molecular flexibility index (Phi) is 6.80. The van der Waals surface area contributed by atoms with Gasteiger partial charge in [-0.25, -0.2) is 8.42 Å². The van der Waals surface area contributed by atoms with E-state index in [0.717, 1.165) is 16.4 Å². The number of amides is 1. The van der Waals surface area contributed by atoms with Crippen LogP contribution in [0.25, 0.3) is 0 Å². The Labute approximate surface area is 185 Å². The molecule has 1 fully saturated rings. The first-order chi connectivity index (χ1) is 14.4. The number of sulfonamides is 1. The van der Waals surface area contributed by atoms with Gasteiger partial charge in [0.2, 0.25) is 10.0 Å². The predicted molar refractivity (Wildman–Crippen MR) is 110 cm³/mol. The molecule has 2 aromatic rings. The zero-order chi connectivity index (χ0) is 23.0. The highest BCUT2D eigenvalue weighted by Crippen LogP contribution is 2.36. The molecule has 0 bridgehead atoms. The van der Waals surface area contributed by atoms with Crippen LogP contribution < -0.4 is 0 Å². The van der Waals surface area contributed by atoms with Crippen LogP contribution in [0.3, 0.4) is 0 Å². The number of alkyl halides is 3. The average Bonchev–Trinajstić information content (AvgIpc) is 2.72. The number of halogens is 4. The molecule has 0 aromatic heterocycles. The van der Waals surface area contributed by atoms with Crippen LogP contribution in [0.5, 0.6) is 0 Å². The summed E-state index contributed by atoms with van der Waals surface area (Å²) < 4.78 is 77.3. The summed E-state index contributed by atoms with van der Waals surface area (Å²) in [7, 11) is -5.36. The number of benzene rings is 2. The third-order valence-electron chi connectivity index (χ3n) is 4.84. The number of nitrogens with zero attached hydrogens (tertiary/aromatic N) is 2. The summed E-state index contributed by atoms with van der Waals surface area (Å²) in [5, 5.41) is -0.584. The molecule has 1 saturated heterocycles. The van der Waals surface area contributed by atoms with E-state index in [-0.39, 0.29) is 32.1 Å². The summed E-state index contributed by atoms with van der Waals surface area (Å²) in [5.41, 5.74) is -0.849. The second-order valence-corrected chi connectivity index (χ2v) is 10.5. The summed E-state index contributed by atoms with van der Waals surface area (Å²) in [6.07, 6.45) is -3.26. The van der Waals surface area contributed by atoms with E-state index in [1.54, 1.807) is 24.3 Å². The topological polar surface area (TPSA) is 74.8 Å². The van der Waals surface area contributed by atoms with Crippen molar-refractivity contribution in [2.24, 2.45) is 0 Å². The van der Waals surface area contributed by atoms with Crippen molar-refractivity contribution in [3.05, 3.63) is 58.6 Å². The Hall–Kier alpha value is -1.95. The fourth-order valence-corrected chi connectivity index (χ4v) is 5.33. The molecule has 1 atom stereocenters. The molecule has 0 radical (unpaired) electrons. The molecule has 12 heteroatoms. The Morgan fingerprint density at radius 1 is 1.03 bits per heavy atom. The van der Waals surface area contributed by atoms with Gasteiger partial charge in [-0.3, -0.25) is 9.00 Å². The lowest BCUT2D eigenvalue weighted by atomic mass is 10.2. The molecular weight excluding hydrogens is 477 g/mol. The molecule has 1 aliphatic heterocycles. The van der Waals surface area contributed by atoms with Crippen molar-refractivity contribution in [1.82, 2.24) is 9.21 Å². The number of hydrogen-bond donors (Lipinski definition) is 0. The van der Waals surface area contributed by atoms with Gasteiger partial charge in [-0.1, -0.05) is 11.6 Å². The normalized spacial score (nSPS) is 16.9. The monoisotopic (exact) mass is 494 g/mol. The number of carbonyl (C=O) groups excluding carboxylic acids is 1. The fourth-order valence-electron chi connectivity index (χ4n) is 3.13. The van der Waals surface area contributed by atoms with Crippen molar-refractivity contribution in [2.45, 2.75) is 16.0 Å². The van der Waals surface area contributed by atoms with Crippen LogP contribution in [0.2, 0.25) is 5.02 Å². The standard InChI is InChI=1S/C19H18ClF3N2O4S2/c1-30(27)14-4-2-13(3-5-14)18(26)24-8-10-25(11-9-24)31(28,29)15-6-7-17(20)16(12-15)19(21,22)23/h2-7,12H,8-11H2,1H3. The minimum Gasteiger partial charge on any atom is -0.336 e. The van der Waals surface area contributed by atoms with E-state index in [9.17, 15) is 30.6 Å². The first kappa shape index (κ1) is 23.7. The van der Waals surface area contributed by atoms with Crippen molar-refractivity contribution in [3.8, 4) is 0 Å². The van der Waals surface area contributed by atoms with E-state index in [4.69, 9.17) is 11.6 Å². The van der Waals surface area contributed by atoms with Crippen LogP contribution >= 0.6 is 11.6 Å². The van der Waals surface area contributed by atoms with Crippen LogP contribution in [0, 0.1) is 0 Å². The first-order valence-electron chi connectivity index (χ1n) is 9.01. The molecule has 6 nitrogen and oxygen atoms in total. The van der Waals surface area contributed by atoms with E-state index >= 15 is 0 Å². The van der Waals surface area contributed by atoms with Gasteiger partial charge in [0.1, 0.15) is 0 Å². The Bertz CT molecular complexity index is 1110. The summed E-state index contributed by atoms with van der Waals surface area (Å²) >= 11 is 5.57. The second-order valence-electron chi connectivity index (χ2n) is 6.81. The highest BCUT2D eigenvalue weighted by molar-refractivity contribution is 7.89. The minimum absolute atomic E-state index is 0.0604. The van der Waals surface area contributed by atoms with E-state index in [1.807, 2.05) is 0 Å². The van der Waals surface area contributed by atoms with E-state index in [2.05, 4.69) is 0 Å². The van der Waals surface area contributed by atoms with Gasteiger partial charge < -0.3 is 4.90 Å². The molecule has 0 spiro atoms. The van der Waals surface area contributed by atoms with Crippen LogP contribution in [0.4, 0.5) is 13.2 Å². The minimum atomic E-state index is -4.78. The molecule has 0 aliphatic carbocycles. The Morgan fingerprint density at radius 2 is 1.61 bits per heavy atom. The van der Waals surface area contributed by atoms with E-state index in [0.29, 0.717) is 16.5 Å². The maximum absolute atomic E-state index is 13.1. The lowest BCUT2D eigenvalue weighted by Gasteiger charge is -2.34. The van der Waals surface area contributed by atoms with Crippen LogP contribution in [-0.4, -0.2) is 60.2 Å². The highest BCUT2D eigenvalue weighted by atomic mass is 35.5. The van der Waals surface area contributed by atoms with Gasteiger partial charge in [-0.15, -0.1) is 0 Å². The SMILES string of the molecule is CS(=O)c1ccc(C(=O)N2CCN(S(=O)(=O)c3ccc(Cl)c(C(F)(F)F)c3)CC2)cc1. The zero-order valence-electron chi connectivity index (χ0n) is 16.2. The largest absolute Gasteiger partial charge is 0.417 e. The molecule has 2 aromatic carbocycles. The molecule has 31 heavy (non-hydrogen) atoms. The molecule has 0 N–H and O–H groups in total. The third kappa shape index (κ3) is 5.11. The molecule has 1 amide bonds. The van der Waals surface area contributed by atoms with Gasteiger partial charge in [-0.2, -0.15) is 17.5 Å². The zero-order valence-corrected chi connectivity index (χ0v) is 18.6. The lowest BCUT2D eigenvalue weighted by Crippen LogP contribution is -2.50. The van der Waals surface area contributed by atoms with Crippen molar-refractivity contribution in [2.75, 3.05) is 32.4 Å². The van der Waals surface area contributed by atoms with Gasteiger partial charge in [0, 0.05) is 53.7 Å². The summed E-state index contributed by atoms with van der Waals surface area (Å²) in [6, 6.07) is 8.73. The molecule has 1 aliphatic rings. The van der Waals surface area contributed by atoms with Crippen LogP contribution in [0.1, 0.15) is 15.9 Å². The summed E-state index contributed by atoms with van der Waals surface area (Å²) in [5.74, 6) is -0.309. The highest BCUT2D eigenvalue weighted by Gasteiger charge is 2.36. The summed E-state index contributed by atoms with van der Waals surface area (Å²) in [4.78, 5) is 14.2.